The third kappa shape index (κ3) is 2.70. The number of carboxylic acid groups (broad SMARTS) is 1. The van der Waals surface area contributed by atoms with Crippen molar-refractivity contribution in [3.8, 4) is 0 Å². The molecule has 1 aliphatic rings. The molecule has 1 aromatic carbocycles. The summed E-state index contributed by atoms with van der Waals surface area (Å²) in [4.78, 5) is 23.9. The molecule has 0 aliphatic carbocycles. The van der Waals surface area contributed by atoms with Gasteiger partial charge in [0.05, 0.1) is 18.7 Å². The lowest BCUT2D eigenvalue weighted by Crippen LogP contribution is -2.48. The Bertz CT molecular complexity index is 520. The van der Waals surface area contributed by atoms with Gasteiger partial charge < -0.3 is 14.7 Å². The number of carbonyl (C=O) groups excluding carboxylic acids is 1. The molecule has 1 aromatic rings. The van der Waals surface area contributed by atoms with Crippen molar-refractivity contribution in [2.75, 3.05) is 19.7 Å². The summed E-state index contributed by atoms with van der Waals surface area (Å²) >= 11 is 0. The van der Waals surface area contributed by atoms with Gasteiger partial charge in [-0.3, -0.25) is 4.79 Å². The summed E-state index contributed by atoms with van der Waals surface area (Å²) in [5.41, 5.74) is -0.411. The summed E-state index contributed by atoms with van der Waals surface area (Å²) in [5, 5.41) is 8.81. The molecular weight excluding hydrogens is 260 g/mol. The zero-order valence-electron chi connectivity index (χ0n) is 9.81. The van der Waals surface area contributed by atoms with E-state index in [2.05, 4.69) is 0 Å². The van der Waals surface area contributed by atoms with Gasteiger partial charge in [-0.05, 0) is 12.1 Å². The summed E-state index contributed by atoms with van der Waals surface area (Å²) in [6.45, 7) is -0.0116. The van der Waals surface area contributed by atoms with Crippen molar-refractivity contribution in [1.82, 2.24) is 4.90 Å². The van der Waals surface area contributed by atoms with Crippen LogP contribution >= 0.6 is 0 Å². The van der Waals surface area contributed by atoms with Gasteiger partial charge in [0.2, 0.25) is 0 Å². The average molecular weight is 271 g/mol. The first kappa shape index (κ1) is 13.4. The molecule has 1 aliphatic heterocycles. The number of ether oxygens (including phenoxy) is 1. The van der Waals surface area contributed by atoms with E-state index in [-0.39, 0.29) is 19.7 Å². The van der Waals surface area contributed by atoms with Gasteiger partial charge in [-0.2, -0.15) is 0 Å². The number of amides is 1. The summed E-state index contributed by atoms with van der Waals surface area (Å²) in [6.07, 6.45) is -1.14. The molecule has 0 saturated carbocycles. The fourth-order valence-electron chi connectivity index (χ4n) is 1.82. The van der Waals surface area contributed by atoms with Gasteiger partial charge in [-0.25, -0.2) is 13.6 Å². The first-order chi connectivity index (χ1) is 9.00. The number of carboxylic acids is 1. The molecule has 0 radical (unpaired) electrons. The van der Waals surface area contributed by atoms with Gasteiger partial charge in [0.1, 0.15) is 0 Å². The molecule has 0 aromatic heterocycles. The molecule has 0 spiro atoms. The minimum Gasteiger partial charge on any atom is -0.479 e. The molecule has 7 heteroatoms. The van der Waals surface area contributed by atoms with Crippen LogP contribution in [0.2, 0.25) is 0 Å². The lowest BCUT2D eigenvalue weighted by atomic mass is 10.1. The lowest BCUT2D eigenvalue weighted by molar-refractivity contribution is -0.154. The highest BCUT2D eigenvalue weighted by Gasteiger charge is 2.30. The fourth-order valence-corrected chi connectivity index (χ4v) is 1.82. The highest BCUT2D eigenvalue weighted by Crippen LogP contribution is 2.16. The van der Waals surface area contributed by atoms with E-state index in [1.165, 1.54) is 6.07 Å². The third-order valence-corrected chi connectivity index (χ3v) is 2.81. The maximum absolute atomic E-state index is 13.5. The van der Waals surface area contributed by atoms with Crippen LogP contribution in [0.4, 0.5) is 8.78 Å². The van der Waals surface area contributed by atoms with Gasteiger partial charge in [0.15, 0.2) is 17.7 Å². The van der Waals surface area contributed by atoms with E-state index in [1.54, 1.807) is 0 Å². The SMILES string of the molecule is O=C(O)C1CN(C(=O)c2cccc(F)c2F)CCO1. The maximum atomic E-state index is 13.5. The summed E-state index contributed by atoms with van der Waals surface area (Å²) in [6, 6.07) is 3.29. The molecule has 1 heterocycles. The number of aliphatic carboxylic acids is 1. The first-order valence-electron chi connectivity index (χ1n) is 5.58. The van der Waals surface area contributed by atoms with Crippen LogP contribution in [0.15, 0.2) is 18.2 Å². The van der Waals surface area contributed by atoms with E-state index >= 15 is 0 Å². The summed E-state index contributed by atoms with van der Waals surface area (Å²) in [5.74, 6) is -4.29. The summed E-state index contributed by atoms with van der Waals surface area (Å²) in [7, 11) is 0. The van der Waals surface area contributed by atoms with Crippen LogP contribution in [0.5, 0.6) is 0 Å². The molecular formula is C12H11F2NO4. The Kier molecular flexibility index (Phi) is 3.75. The molecule has 0 bridgehead atoms. The molecule has 1 saturated heterocycles. The molecule has 1 fully saturated rings. The molecule has 2 rings (SSSR count). The van der Waals surface area contributed by atoms with Crippen molar-refractivity contribution >= 4 is 11.9 Å². The van der Waals surface area contributed by atoms with Gasteiger partial charge in [0, 0.05) is 6.54 Å². The van der Waals surface area contributed by atoms with Crippen molar-refractivity contribution in [1.29, 1.82) is 0 Å². The highest BCUT2D eigenvalue weighted by molar-refractivity contribution is 5.95. The van der Waals surface area contributed by atoms with E-state index in [9.17, 15) is 18.4 Å². The van der Waals surface area contributed by atoms with Crippen LogP contribution in [0, 0.1) is 11.6 Å². The Labute approximate surface area is 107 Å². The second-order valence-electron chi connectivity index (χ2n) is 4.05. The predicted molar refractivity (Wildman–Crippen MR) is 59.6 cm³/mol. The van der Waals surface area contributed by atoms with Crippen LogP contribution in [0.1, 0.15) is 10.4 Å². The van der Waals surface area contributed by atoms with Gasteiger partial charge in [0.25, 0.3) is 5.91 Å². The zero-order valence-corrected chi connectivity index (χ0v) is 9.81. The quantitative estimate of drug-likeness (QED) is 0.867. The second kappa shape index (κ2) is 5.31. The Balaban J connectivity index is 2.19. The molecule has 102 valence electrons. The standard InChI is InChI=1S/C12H11F2NO4/c13-8-3-1-2-7(10(8)14)11(16)15-4-5-19-9(6-15)12(17)18/h1-3,9H,4-6H2,(H,17,18). The maximum Gasteiger partial charge on any atom is 0.334 e. The zero-order chi connectivity index (χ0) is 14.0. The third-order valence-electron chi connectivity index (χ3n) is 2.81. The van der Waals surface area contributed by atoms with Crippen molar-refractivity contribution in [3.63, 3.8) is 0 Å². The number of nitrogens with zero attached hydrogens (tertiary/aromatic N) is 1. The minimum atomic E-state index is -1.23. The van der Waals surface area contributed by atoms with E-state index in [4.69, 9.17) is 9.84 Å². The van der Waals surface area contributed by atoms with Gasteiger partial charge >= 0.3 is 5.97 Å². The van der Waals surface area contributed by atoms with Crippen molar-refractivity contribution in [2.24, 2.45) is 0 Å². The van der Waals surface area contributed by atoms with Crippen LogP contribution in [0.3, 0.4) is 0 Å². The second-order valence-corrected chi connectivity index (χ2v) is 4.05. The van der Waals surface area contributed by atoms with Gasteiger partial charge in [-0.1, -0.05) is 6.07 Å². The van der Waals surface area contributed by atoms with Crippen molar-refractivity contribution in [3.05, 3.63) is 35.4 Å². The lowest BCUT2D eigenvalue weighted by Gasteiger charge is -2.31. The Hall–Kier alpha value is -2.02. The number of rotatable bonds is 2. The first-order valence-corrected chi connectivity index (χ1v) is 5.58. The van der Waals surface area contributed by atoms with E-state index in [1.807, 2.05) is 0 Å². The number of hydrogen-bond donors (Lipinski definition) is 1. The Morgan fingerprint density at radius 1 is 1.37 bits per heavy atom. The molecule has 1 amide bonds. The molecule has 1 unspecified atom stereocenters. The Morgan fingerprint density at radius 2 is 2.11 bits per heavy atom. The predicted octanol–water partition coefficient (Wildman–Crippen LogP) is 0.890. The minimum absolute atomic E-state index is 0.0413. The fraction of sp³-hybridized carbons (Fsp3) is 0.333. The molecule has 1 atom stereocenters. The van der Waals surface area contributed by atoms with Crippen LogP contribution in [-0.2, 0) is 9.53 Å². The van der Waals surface area contributed by atoms with Crippen LogP contribution < -0.4 is 0 Å². The van der Waals surface area contributed by atoms with Crippen molar-refractivity contribution < 1.29 is 28.2 Å². The molecule has 5 nitrogen and oxygen atoms in total. The normalized spacial score (nSPS) is 19.3. The van der Waals surface area contributed by atoms with Crippen molar-refractivity contribution in [2.45, 2.75) is 6.10 Å². The number of benzene rings is 1. The summed E-state index contributed by atoms with van der Waals surface area (Å²) < 4.78 is 31.5. The number of morpholine rings is 1. The molecule has 19 heavy (non-hydrogen) atoms. The highest BCUT2D eigenvalue weighted by atomic mass is 19.2. The smallest absolute Gasteiger partial charge is 0.334 e. The van der Waals surface area contributed by atoms with Crippen LogP contribution in [0.25, 0.3) is 0 Å². The van der Waals surface area contributed by atoms with Crippen LogP contribution in [-0.4, -0.2) is 47.7 Å². The topological polar surface area (TPSA) is 66.8 Å². The van der Waals surface area contributed by atoms with E-state index < -0.39 is 35.2 Å². The number of halogens is 2. The van der Waals surface area contributed by atoms with E-state index in [0.29, 0.717) is 0 Å². The largest absolute Gasteiger partial charge is 0.479 e. The molecule has 1 N–H and O–H groups in total. The monoisotopic (exact) mass is 271 g/mol. The average Bonchev–Trinajstić information content (AvgIpc) is 2.41. The number of hydrogen-bond acceptors (Lipinski definition) is 3. The number of carbonyl (C=O) groups is 2. The Morgan fingerprint density at radius 3 is 2.79 bits per heavy atom. The van der Waals surface area contributed by atoms with E-state index in [0.717, 1.165) is 17.0 Å². The van der Waals surface area contributed by atoms with Gasteiger partial charge in [-0.15, -0.1) is 0 Å².